The van der Waals surface area contributed by atoms with Gasteiger partial charge in [0.05, 0.1) is 0 Å². The van der Waals surface area contributed by atoms with E-state index in [2.05, 4.69) is 5.32 Å². The number of rotatable bonds is 6. The highest BCUT2D eigenvalue weighted by Crippen LogP contribution is 2.25. The molecule has 20 heavy (non-hydrogen) atoms. The zero-order valence-electron chi connectivity index (χ0n) is 11.1. The molecule has 1 atom stereocenters. The summed E-state index contributed by atoms with van der Waals surface area (Å²) in [5.74, 6) is -3.65. The lowest BCUT2D eigenvalue weighted by Crippen LogP contribution is -2.23. The molecule has 2 aromatic rings. The average Bonchev–Trinajstić information content (AvgIpc) is 2.95. The van der Waals surface area contributed by atoms with Gasteiger partial charge in [-0.15, -0.1) is 0 Å². The minimum Gasteiger partial charge on any atom is -0.310 e. The van der Waals surface area contributed by atoms with Crippen molar-refractivity contribution in [3.8, 4) is 0 Å². The van der Waals surface area contributed by atoms with Crippen molar-refractivity contribution in [2.45, 2.75) is 25.8 Å². The minimum absolute atomic E-state index is 0.181. The van der Waals surface area contributed by atoms with Gasteiger partial charge in [-0.25, -0.2) is 13.2 Å². The van der Waals surface area contributed by atoms with E-state index in [0.29, 0.717) is 13.0 Å². The molecular formula is C15H16F3NS. The first-order chi connectivity index (χ1) is 9.63. The maximum Gasteiger partial charge on any atom is 0.194 e. The molecule has 1 heterocycles. The molecule has 0 amide bonds. The summed E-state index contributed by atoms with van der Waals surface area (Å²) < 4.78 is 40.2. The summed E-state index contributed by atoms with van der Waals surface area (Å²) >= 11 is 1.60. The van der Waals surface area contributed by atoms with E-state index in [1.807, 2.05) is 23.8 Å². The zero-order chi connectivity index (χ0) is 14.5. The summed E-state index contributed by atoms with van der Waals surface area (Å²) in [5.41, 5.74) is 1.35. The van der Waals surface area contributed by atoms with E-state index in [1.54, 1.807) is 11.3 Å². The van der Waals surface area contributed by atoms with Gasteiger partial charge in [0.2, 0.25) is 0 Å². The molecule has 5 heteroatoms. The van der Waals surface area contributed by atoms with E-state index in [0.717, 1.165) is 12.5 Å². The summed E-state index contributed by atoms with van der Waals surface area (Å²) in [6.07, 6.45) is 1.40. The first kappa shape index (κ1) is 15.1. The molecule has 1 aromatic carbocycles. The molecular weight excluding hydrogens is 283 g/mol. The van der Waals surface area contributed by atoms with E-state index >= 15 is 0 Å². The maximum atomic E-state index is 13.8. The molecule has 2 rings (SSSR count). The quantitative estimate of drug-likeness (QED) is 0.777. The summed E-state index contributed by atoms with van der Waals surface area (Å²) in [5, 5.41) is 7.14. The van der Waals surface area contributed by atoms with Crippen LogP contribution >= 0.6 is 11.3 Å². The second-order valence-electron chi connectivity index (χ2n) is 4.55. The summed E-state index contributed by atoms with van der Waals surface area (Å²) in [7, 11) is 0. The molecule has 0 spiro atoms. The largest absolute Gasteiger partial charge is 0.310 e. The third kappa shape index (κ3) is 3.41. The average molecular weight is 299 g/mol. The van der Waals surface area contributed by atoms with Gasteiger partial charge < -0.3 is 5.32 Å². The van der Waals surface area contributed by atoms with E-state index < -0.39 is 17.5 Å². The Kier molecular flexibility index (Phi) is 5.20. The van der Waals surface area contributed by atoms with Crippen LogP contribution in [0.1, 0.15) is 30.5 Å². The first-order valence-electron chi connectivity index (χ1n) is 6.51. The van der Waals surface area contributed by atoms with Crippen molar-refractivity contribution in [1.82, 2.24) is 5.32 Å². The molecule has 0 radical (unpaired) electrons. The van der Waals surface area contributed by atoms with E-state index in [1.165, 1.54) is 11.6 Å². The first-order valence-corrected chi connectivity index (χ1v) is 7.45. The van der Waals surface area contributed by atoms with Crippen molar-refractivity contribution in [3.05, 3.63) is 57.5 Å². The van der Waals surface area contributed by atoms with Crippen molar-refractivity contribution in [2.24, 2.45) is 0 Å². The van der Waals surface area contributed by atoms with E-state index in [-0.39, 0.29) is 11.6 Å². The van der Waals surface area contributed by atoms with Crippen molar-refractivity contribution < 1.29 is 13.2 Å². The number of aryl methyl sites for hydroxylation is 1. The van der Waals surface area contributed by atoms with Gasteiger partial charge in [0.25, 0.3) is 0 Å². The molecule has 108 valence electrons. The SMILES string of the molecule is CCNC(CCc1ccsc1)c1ccc(F)c(F)c1F. The van der Waals surface area contributed by atoms with Crippen LogP contribution in [-0.2, 0) is 6.42 Å². The van der Waals surface area contributed by atoms with Crippen molar-refractivity contribution in [1.29, 1.82) is 0 Å². The topological polar surface area (TPSA) is 12.0 Å². The number of thiophene rings is 1. The number of halogens is 3. The molecule has 0 fully saturated rings. The van der Waals surface area contributed by atoms with Gasteiger partial charge in [0.1, 0.15) is 0 Å². The Hall–Kier alpha value is -1.33. The van der Waals surface area contributed by atoms with Crippen LogP contribution in [0.3, 0.4) is 0 Å². The van der Waals surface area contributed by atoms with Gasteiger partial charge in [-0.2, -0.15) is 11.3 Å². The molecule has 0 bridgehead atoms. The van der Waals surface area contributed by atoms with Crippen LogP contribution < -0.4 is 5.32 Å². The lowest BCUT2D eigenvalue weighted by Gasteiger charge is -2.19. The summed E-state index contributed by atoms with van der Waals surface area (Å²) in [4.78, 5) is 0. The standard InChI is InChI=1S/C15H16F3NS/c1-2-19-13(6-3-10-7-8-20-9-10)11-4-5-12(16)15(18)14(11)17/h4-5,7-9,13,19H,2-3,6H2,1H3. The van der Waals surface area contributed by atoms with Crippen LogP contribution in [0.25, 0.3) is 0 Å². The van der Waals surface area contributed by atoms with Crippen molar-refractivity contribution in [2.75, 3.05) is 6.54 Å². The van der Waals surface area contributed by atoms with Gasteiger partial charge in [-0.3, -0.25) is 0 Å². The highest BCUT2D eigenvalue weighted by molar-refractivity contribution is 7.07. The lowest BCUT2D eigenvalue weighted by atomic mass is 9.99. The Bertz CT molecular complexity index is 554. The van der Waals surface area contributed by atoms with Gasteiger partial charge in [-0.05, 0) is 47.8 Å². The van der Waals surface area contributed by atoms with Crippen LogP contribution in [0, 0.1) is 17.5 Å². The van der Waals surface area contributed by atoms with Gasteiger partial charge >= 0.3 is 0 Å². The zero-order valence-corrected chi connectivity index (χ0v) is 11.9. The minimum atomic E-state index is -1.40. The second kappa shape index (κ2) is 6.90. The molecule has 0 saturated heterocycles. The molecule has 0 aliphatic rings. The summed E-state index contributed by atoms with van der Waals surface area (Å²) in [6, 6.07) is 3.97. The molecule has 1 N–H and O–H groups in total. The lowest BCUT2D eigenvalue weighted by molar-refractivity contribution is 0.419. The predicted molar refractivity (Wildman–Crippen MR) is 75.4 cm³/mol. The Morgan fingerprint density at radius 1 is 1.15 bits per heavy atom. The Morgan fingerprint density at radius 2 is 1.95 bits per heavy atom. The fourth-order valence-corrected chi connectivity index (χ4v) is 2.87. The van der Waals surface area contributed by atoms with Crippen molar-refractivity contribution >= 4 is 11.3 Å². The van der Waals surface area contributed by atoms with Crippen LogP contribution in [0.5, 0.6) is 0 Å². The van der Waals surface area contributed by atoms with Crippen LogP contribution in [0.2, 0.25) is 0 Å². The Labute approximate surface area is 120 Å². The molecule has 1 aromatic heterocycles. The third-order valence-electron chi connectivity index (χ3n) is 3.19. The van der Waals surface area contributed by atoms with Gasteiger partial charge in [-0.1, -0.05) is 13.0 Å². The fourth-order valence-electron chi connectivity index (χ4n) is 2.17. The Morgan fingerprint density at radius 3 is 2.60 bits per heavy atom. The van der Waals surface area contributed by atoms with E-state index in [4.69, 9.17) is 0 Å². The van der Waals surface area contributed by atoms with Crippen molar-refractivity contribution in [3.63, 3.8) is 0 Å². The Balaban J connectivity index is 2.17. The highest BCUT2D eigenvalue weighted by Gasteiger charge is 2.20. The molecule has 1 unspecified atom stereocenters. The number of nitrogens with one attached hydrogen (secondary N) is 1. The molecule has 0 aliphatic heterocycles. The van der Waals surface area contributed by atoms with Crippen LogP contribution in [0.4, 0.5) is 13.2 Å². The normalized spacial score (nSPS) is 12.6. The van der Waals surface area contributed by atoms with Gasteiger partial charge in [0.15, 0.2) is 17.5 Å². The van der Waals surface area contributed by atoms with Crippen LogP contribution in [0.15, 0.2) is 29.0 Å². The highest BCUT2D eigenvalue weighted by atomic mass is 32.1. The second-order valence-corrected chi connectivity index (χ2v) is 5.33. The third-order valence-corrected chi connectivity index (χ3v) is 3.92. The molecule has 0 saturated carbocycles. The number of hydrogen-bond donors (Lipinski definition) is 1. The molecule has 0 aliphatic carbocycles. The monoisotopic (exact) mass is 299 g/mol. The summed E-state index contributed by atoms with van der Waals surface area (Å²) in [6.45, 7) is 2.53. The van der Waals surface area contributed by atoms with Gasteiger partial charge in [0, 0.05) is 11.6 Å². The smallest absolute Gasteiger partial charge is 0.194 e. The maximum absolute atomic E-state index is 13.8. The molecule has 1 nitrogen and oxygen atoms in total. The number of benzene rings is 1. The predicted octanol–water partition coefficient (Wildman–Crippen LogP) is 4.45. The fraction of sp³-hybridized carbons (Fsp3) is 0.333. The van der Waals surface area contributed by atoms with Crippen LogP contribution in [-0.4, -0.2) is 6.54 Å². The van der Waals surface area contributed by atoms with E-state index in [9.17, 15) is 13.2 Å². The number of hydrogen-bond acceptors (Lipinski definition) is 2.